The summed E-state index contributed by atoms with van der Waals surface area (Å²) in [6.45, 7) is 3.70. The van der Waals surface area contributed by atoms with Gasteiger partial charge in [-0.25, -0.2) is 4.21 Å². The van der Waals surface area contributed by atoms with Gasteiger partial charge in [0.1, 0.15) is 0 Å². The van der Waals surface area contributed by atoms with Crippen molar-refractivity contribution in [1.82, 2.24) is 0 Å². The standard InChI is InChI=1S/C11H16F3NO5S3/c1-8-7-10(9(2)21-8)3-4-20-5-6-22(16,17)15-23(18,19)11(12,13)14/h7H,3-6H2,1-2H3,(H,15,16,17). The SMILES string of the molecule is Cc1cc(CCOCCS(=O)(O)=NS(=O)(=O)C(F)(F)F)c(C)s1. The van der Waals surface area contributed by atoms with Crippen LogP contribution in [0.3, 0.4) is 0 Å². The quantitative estimate of drug-likeness (QED) is 0.717. The zero-order chi connectivity index (χ0) is 17.9. The van der Waals surface area contributed by atoms with Crippen LogP contribution in [0, 0.1) is 13.8 Å². The second-order valence-corrected chi connectivity index (χ2v) is 9.70. The second kappa shape index (κ2) is 7.47. The minimum Gasteiger partial charge on any atom is -0.380 e. The summed E-state index contributed by atoms with van der Waals surface area (Å²) in [7, 11) is -10.5. The van der Waals surface area contributed by atoms with Crippen molar-refractivity contribution in [1.29, 1.82) is 0 Å². The predicted molar refractivity (Wildman–Crippen MR) is 81.4 cm³/mol. The Morgan fingerprint density at radius 3 is 2.35 bits per heavy atom. The summed E-state index contributed by atoms with van der Waals surface area (Å²) < 4.78 is 85.3. The first-order chi connectivity index (χ1) is 10.3. The molecule has 0 spiro atoms. The highest BCUT2D eigenvalue weighted by atomic mass is 32.3. The maximum absolute atomic E-state index is 12.1. The molecular weight excluding hydrogens is 379 g/mol. The van der Waals surface area contributed by atoms with Crippen LogP contribution in [0.15, 0.2) is 9.83 Å². The molecule has 1 aromatic rings. The molecule has 0 amide bonds. The third-order valence-corrected chi connectivity index (χ3v) is 6.67. The summed E-state index contributed by atoms with van der Waals surface area (Å²) in [4.78, 5) is 2.25. The average Bonchev–Trinajstić information content (AvgIpc) is 2.64. The molecule has 1 rings (SSSR count). The lowest BCUT2D eigenvalue weighted by atomic mass is 10.2. The molecule has 0 radical (unpaired) electrons. The Morgan fingerprint density at radius 2 is 1.87 bits per heavy atom. The number of aryl methyl sites for hydroxylation is 2. The first kappa shape index (κ1) is 20.4. The second-order valence-electron chi connectivity index (χ2n) is 4.61. The van der Waals surface area contributed by atoms with Gasteiger partial charge in [-0.15, -0.1) is 11.3 Å². The number of halogens is 3. The van der Waals surface area contributed by atoms with Gasteiger partial charge in [0.15, 0.2) is 10.0 Å². The molecule has 12 heteroatoms. The molecule has 0 aliphatic carbocycles. The van der Waals surface area contributed by atoms with Gasteiger partial charge in [-0.3, -0.25) is 4.55 Å². The van der Waals surface area contributed by atoms with Crippen molar-refractivity contribution in [2.45, 2.75) is 25.8 Å². The Hall–Kier alpha value is -0.690. The highest BCUT2D eigenvalue weighted by molar-refractivity contribution is 8.01. The van der Waals surface area contributed by atoms with Gasteiger partial charge in [-0.05, 0) is 31.9 Å². The number of hydrogen-bond acceptors (Lipinski definition) is 5. The Kier molecular flexibility index (Phi) is 6.61. The largest absolute Gasteiger partial charge is 0.519 e. The van der Waals surface area contributed by atoms with Crippen molar-refractivity contribution in [3.63, 3.8) is 0 Å². The van der Waals surface area contributed by atoms with Crippen molar-refractivity contribution in [2.24, 2.45) is 3.77 Å². The molecule has 0 saturated heterocycles. The molecule has 0 fully saturated rings. The van der Waals surface area contributed by atoms with E-state index in [-0.39, 0.29) is 13.2 Å². The number of hydrogen-bond donors (Lipinski definition) is 1. The monoisotopic (exact) mass is 395 g/mol. The first-order valence-electron chi connectivity index (χ1n) is 6.27. The summed E-state index contributed by atoms with van der Waals surface area (Å²) >= 11 is 1.62. The lowest BCUT2D eigenvalue weighted by Gasteiger charge is -2.07. The zero-order valence-electron chi connectivity index (χ0n) is 12.3. The van der Waals surface area contributed by atoms with Crippen molar-refractivity contribution in [2.75, 3.05) is 19.0 Å². The van der Waals surface area contributed by atoms with Crippen LogP contribution in [-0.2, 0) is 31.2 Å². The summed E-state index contributed by atoms with van der Waals surface area (Å²) in [6.07, 6.45) is 0.542. The highest BCUT2D eigenvalue weighted by Gasteiger charge is 2.47. The Bertz CT molecular complexity index is 760. The maximum Gasteiger partial charge on any atom is 0.519 e. The van der Waals surface area contributed by atoms with Crippen LogP contribution >= 0.6 is 11.3 Å². The fourth-order valence-corrected chi connectivity index (χ4v) is 4.79. The van der Waals surface area contributed by atoms with E-state index in [1.807, 2.05) is 23.7 Å². The van der Waals surface area contributed by atoms with Crippen LogP contribution in [0.1, 0.15) is 15.3 Å². The maximum atomic E-state index is 12.1. The van der Waals surface area contributed by atoms with Crippen molar-refractivity contribution in [3.05, 3.63) is 21.4 Å². The molecule has 1 N–H and O–H groups in total. The number of nitrogens with zero attached hydrogens (tertiary/aromatic N) is 1. The lowest BCUT2D eigenvalue weighted by Crippen LogP contribution is -2.23. The lowest BCUT2D eigenvalue weighted by molar-refractivity contribution is -0.0435. The minimum atomic E-state index is -6.00. The van der Waals surface area contributed by atoms with Crippen LogP contribution < -0.4 is 0 Å². The van der Waals surface area contributed by atoms with E-state index in [1.54, 1.807) is 11.3 Å². The van der Waals surface area contributed by atoms with Gasteiger partial charge >= 0.3 is 15.5 Å². The smallest absolute Gasteiger partial charge is 0.380 e. The van der Waals surface area contributed by atoms with Crippen LogP contribution in [0.25, 0.3) is 0 Å². The van der Waals surface area contributed by atoms with Crippen molar-refractivity contribution < 1.29 is 35.1 Å². The Morgan fingerprint density at radius 1 is 1.26 bits per heavy atom. The molecule has 6 nitrogen and oxygen atoms in total. The molecule has 1 aromatic heterocycles. The fourth-order valence-electron chi connectivity index (χ4n) is 1.62. The number of thiophene rings is 1. The van der Waals surface area contributed by atoms with E-state index >= 15 is 0 Å². The number of sulfonamides is 1. The summed E-state index contributed by atoms with van der Waals surface area (Å²) in [5, 5.41) is 0. The van der Waals surface area contributed by atoms with Crippen LogP contribution in [-0.4, -0.2) is 41.7 Å². The highest BCUT2D eigenvalue weighted by Crippen LogP contribution is 2.25. The molecule has 23 heavy (non-hydrogen) atoms. The molecular formula is C11H16F3NO5S3. The van der Waals surface area contributed by atoms with Gasteiger partial charge in [0, 0.05) is 9.75 Å². The molecule has 0 saturated carbocycles. The molecule has 0 aromatic carbocycles. The normalized spacial score (nSPS) is 15.4. The average molecular weight is 395 g/mol. The number of ether oxygens (including phenoxy) is 1. The molecule has 1 heterocycles. The van der Waals surface area contributed by atoms with Gasteiger partial charge < -0.3 is 4.74 Å². The van der Waals surface area contributed by atoms with Crippen molar-refractivity contribution in [3.8, 4) is 0 Å². The Labute approximate surface area is 136 Å². The van der Waals surface area contributed by atoms with Gasteiger partial charge in [-0.2, -0.15) is 21.6 Å². The molecule has 0 aliphatic rings. The molecule has 1 unspecified atom stereocenters. The molecule has 1 atom stereocenters. The van der Waals surface area contributed by atoms with E-state index in [0.717, 1.165) is 15.3 Å². The van der Waals surface area contributed by atoms with E-state index < -0.39 is 31.3 Å². The van der Waals surface area contributed by atoms with Gasteiger partial charge in [0.25, 0.3) is 0 Å². The zero-order valence-corrected chi connectivity index (χ0v) is 14.7. The fraction of sp³-hybridized carbons (Fsp3) is 0.636. The van der Waals surface area contributed by atoms with E-state index in [0.29, 0.717) is 6.42 Å². The molecule has 0 bridgehead atoms. The molecule has 134 valence electrons. The van der Waals surface area contributed by atoms with E-state index in [4.69, 9.17) is 4.74 Å². The minimum absolute atomic E-state index is 0.193. The van der Waals surface area contributed by atoms with E-state index in [2.05, 4.69) is 0 Å². The van der Waals surface area contributed by atoms with Gasteiger partial charge in [0.2, 0.25) is 0 Å². The molecule has 0 aliphatic heterocycles. The van der Waals surface area contributed by atoms with Gasteiger partial charge in [0.05, 0.1) is 19.0 Å². The van der Waals surface area contributed by atoms with Crippen LogP contribution in [0.2, 0.25) is 0 Å². The van der Waals surface area contributed by atoms with Crippen molar-refractivity contribution >= 4 is 31.4 Å². The van der Waals surface area contributed by atoms with E-state index in [1.165, 1.54) is 0 Å². The van der Waals surface area contributed by atoms with Crippen LogP contribution in [0.5, 0.6) is 0 Å². The third-order valence-electron chi connectivity index (χ3n) is 2.66. The number of alkyl halides is 3. The van der Waals surface area contributed by atoms with Gasteiger partial charge in [-0.1, -0.05) is 3.77 Å². The Balaban J connectivity index is 2.52. The topological polar surface area (TPSA) is 93.0 Å². The van der Waals surface area contributed by atoms with Crippen LogP contribution in [0.4, 0.5) is 13.2 Å². The third kappa shape index (κ3) is 6.37. The number of rotatable bonds is 7. The predicted octanol–water partition coefficient (Wildman–Crippen LogP) is 2.71. The first-order valence-corrected chi connectivity index (χ1v) is 10.2. The summed E-state index contributed by atoms with van der Waals surface area (Å²) in [5.74, 6) is -0.829. The summed E-state index contributed by atoms with van der Waals surface area (Å²) in [5.41, 5.74) is -4.64. The summed E-state index contributed by atoms with van der Waals surface area (Å²) in [6, 6.07) is 1.98. The van der Waals surface area contributed by atoms with E-state index in [9.17, 15) is 30.4 Å².